The number of carbonyl (C=O) groups excluding carboxylic acids is 2. The Bertz CT molecular complexity index is 841. The van der Waals surface area contributed by atoms with E-state index in [-0.39, 0.29) is 17.7 Å². The van der Waals surface area contributed by atoms with E-state index >= 15 is 0 Å². The van der Waals surface area contributed by atoms with Crippen molar-refractivity contribution in [2.75, 3.05) is 18.4 Å². The number of rotatable bonds is 6. The van der Waals surface area contributed by atoms with Crippen LogP contribution in [0.15, 0.2) is 46.9 Å². The highest BCUT2D eigenvalue weighted by Crippen LogP contribution is 2.22. The van der Waals surface area contributed by atoms with Crippen molar-refractivity contribution in [2.45, 2.75) is 26.3 Å². The summed E-state index contributed by atoms with van der Waals surface area (Å²) < 4.78 is 5.43. The van der Waals surface area contributed by atoms with Gasteiger partial charge in [-0.3, -0.25) is 14.5 Å². The number of anilines is 1. The van der Waals surface area contributed by atoms with Gasteiger partial charge in [0.1, 0.15) is 11.5 Å². The lowest BCUT2D eigenvalue weighted by Gasteiger charge is -2.31. The number of nitrogens with two attached hydrogens (primary N) is 1. The Kier molecular flexibility index (Phi) is 6.08. The van der Waals surface area contributed by atoms with Crippen LogP contribution in [0.2, 0.25) is 0 Å². The summed E-state index contributed by atoms with van der Waals surface area (Å²) in [5.74, 6) is 0.892. The predicted molar refractivity (Wildman–Crippen MR) is 105 cm³/mol. The zero-order valence-electron chi connectivity index (χ0n) is 15.5. The van der Waals surface area contributed by atoms with Gasteiger partial charge in [0, 0.05) is 24.9 Å². The molecule has 1 saturated heterocycles. The smallest absolute Gasteiger partial charge is 0.248 e. The third-order valence-electron chi connectivity index (χ3n) is 4.74. The van der Waals surface area contributed by atoms with Crippen LogP contribution in [0.1, 0.15) is 29.9 Å². The van der Waals surface area contributed by atoms with E-state index in [4.69, 9.17) is 10.2 Å². The number of piperidine rings is 1. The fourth-order valence-electron chi connectivity index (χ4n) is 3.33. The van der Waals surface area contributed by atoms with Crippen LogP contribution in [0.3, 0.4) is 0 Å². The van der Waals surface area contributed by atoms with E-state index in [1.165, 1.54) is 6.08 Å². The highest BCUT2D eigenvalue weighted by atomic mass is 16.3. The zero-order valence-corrected chi connectivity index (χ0v) is 15.5. The Morgan fingerprint density at radius 2 is 2.11 bits per heavy atom. The van der Waals surface area contributed by atoms with Crippen LogP contribution in [0, 0.1) is 12.8 Å². The highest BCUT2D eigenvalue weighted by Gasteiger charge is 2.24. The average Bonchev–Trinajstić information content (AvgIpc) is 3.07. The molecule has 1 aliphatic heterocycles. The molecule has 0 unspecified atom stereocenters. The number of furan rings is 1. The van der Waals surface area contributed by atoms with Gasteiger partial charge >= 0.3 is 0 Å². The van der Waals surface area contributed by atoms with Crippen LogP contribution in [-0.4, -0.2) is 29.8 Å². The summed E-state index contributed by atoms with van der Waals surface area (Å²) in [6.45, 7) is 4.11. The lowest BCUT2D eigenvalue weighted by Crippen LogP contribution is -2.40. The molecule has 1 aliphatic rings. The fraction of sp³-hybridized carbons (Fsp3) is 0.333. The number of likely N-dealkylation sites (tertiary alicyclic amines) is 1. The molecular formula is C21H25N3O3. The van der Waals surface area contributed by atoms with Crippen molar-refractivity contribution >= 4 is 23.6 Å². The lowest BCUT2D eigenvalue weighted by molar-refractivity contribution is -0.123. The van der Waals surface area contributed by atoms with Gasteiger partial charge in [-0.15, -0.1) is 0 Å². The molecule has 1 aromatic heterocycles. The molecule has 0 spiro atoms. The van der Waals surface area contributed by atoms with Crippen LogP contribution in [0.4, 0.5) is 5.69 Å². The summed E-state index contributed by atoms with van der Waals surface area (Å²) in [4.78, 5) is 26.0. The molecule has 2 aromatic rings. The van der Waals surface area contributed by atoms with Gasteiger partial charge in [0.15, 0.2) is 0 Å². The third-order valence-corrected chi connectivity index (χ3v) is 4.74. The average molecular weight is 367 g/mol. The number of carbonyl (C=O) groups is 2. The summed E-state index contributed by atoms with van der Waals surface area (Å²) in [6.07, 6.45) is 4.90. The van der Waals surface area contributed by atoms with Crippen LogP contribution in [-0.2, 0) is 16.1 Å². The molecular weight excluding hydrogens is 342 g/mol. The topological polar surface area (TPSA) is 88.6 Å². The number of benzene rings is 1. The number of nitrogens with one attached hydrogen (secondary N) is 1. The second-order valence-electron chi connectivity index (χ2n) is 6.90. The third kappa shape index (κ3) is 5.31. The van der Waals surface area contributed by atoms with Gasteiger partial charge in [-0.25, -0.2) is 0 Å². The van der Waals surface area contributed by atoms with Crippen molar-refractivity contribution in [3.63, 3.8) is 0 Å². The summed E-state index contributed by atoms with van der Waals surface area (Å²) in [5, 5.41) is 2.93. The summed E-state index contributed by atoms with van der Waals surface area (Å²) in [6, 6.07) is 11.4. The molecule has 27 heavy (non-hydrogen) atoms. The monoisotopic (exact) mass is 367 g/mol. The van der Waals surface area contributed by atoms with Crippen molar-refractivity contribution in [3.05, 3.63) is 59.6 Å². The van der Waals surface area contributed by atoms with Gasteiger partial charge in [-0.2, -0.15) is 0 Å². The number of amides is 2. The molecule has 0 bridgehead atoms. The van der Waals surface area contributed by atoms with Crippen molar-refractivity contribution in [2.24, 2.45) is 11.7 Å². The van der Waals surface area contributed by atoms with Crippen LogP contribution in [0.25, 0.3) is 6.08 Å². The maximum absolute atomic E-state index is 12.3. The minimum Gasteiger partial charge on any atom is -0.462 e. The predicted octanol–water partition coefficient (Wildman–Crippen LogP) is 2.94. The maximum Gasteiger partial charge on any atom is 0.248 e. The Morgan fingerprint density at radius 3 is 2.85 bits per heavy atom. The Morgan fingerprint density at radius 1 is 1.30 bits per heavy atom. The maximum atomic E-state index is 12.3. The first-order valence-electron chi connectivity index (χ1n) is 9.16. The van der Waals surface area contributed by atoms with E-state index in [1.807, 2.05) is 43.3 Å². The molecule has 0 saturated carbocycles. The highest BCUT2D eigenvalue weighted by molar-refractivity contribution is 6.02. The van der Waals surface area contributed by atoms with Crippen LogP contribution in [0.5, 0.6) is 0 Å². The van der Waals surface area contributed by atoms with Gasteiger partial charge in [0.2, 0.25) is 11.8 Å². The van der Waals surface area contributed by atoms with Gasteiger partial charge in [0.25, 0.3) is 0 Å². The number of aryl methyl sites for hydroxylation is 1. The molecule has 6 heteroatoms. The van der Waals surface area contributed by atoms with E-state index in [9.17, 15) is 9.59 Å². The second kappa shape index (κ2) is 8.68. The van der Waals surface area contributed by atoms with Crippen molar-refractivity contribution in [1.29, 1.82) is 0 Å². The van der Waals surface area contributed by atoms with E-state index < -0.39 is 0 Å². The SMILES string of the molecule is Cc1ccc(/C=C\C(=O)Nc2ccccc2CN2CCC[C@@H](C(N)=O)C2)o1. The number of hydrogen-bond donors (Lipinski definition) is 2. The minimum atomic E-state index is -0.236. The summed E-state index contributed by atoms with van der Waals surface area (Å²) in [7, 11) is 0. The lowest BCUT2D eigenvalue weighted by atomic mass is 9.97. The molecule has 3 N–H and O–H groups in total. The fourth-order valence-corrected chi connectivity index (χ4v) is 3.33. The van der Waals surface area contributed by atoms with Crippen molar-refractivity contribution < 1.29 is 14.0 Å². The van der Waals surface area contributed by atoms with Crippen molar-refractivity contribution in [3.8, 4) is 0 Å². The Labute approximate surface area is 159 Å². The molecule has 1 aromatic carbocycles. The van der Waals surface area contributed by atoms with Gasteiger partial charge in [-0.1, -0.05) is 18.2 Å². The van der Waals surface area contributed by atoms with E-state index in [0.29, 0.717) is 18.8 Å². The molecule has 1 fully saturated rings. The Balaban J connectivity index is 1.64. The molecule has 3 rings (SSSR count). The summed E-state index contributed by atoms with van der Waals surface area (Å²) >= 11 is 0. The zero-order chi connectivity index (χ0) is 19.2. The van der Waals surface area contributed by atoms with Crippen LogP contribution < -0.4 is 11.1 Å². The van der Waals surface area contributed by atoms with Crippen molar-refractivity contribution in [1.82, 2.24) is 4.90 Å². The summed E-state index contributed by atoms with van der Waals surface area (Å²) in [5.41, 5.74) is 7.24. The first-order chi connectivity index (χ1) is 13.0. The molecule has 0 radical (unpaired) electrons. The largest absolute Gasteiger partial charge is 0.462 e. The number of nitrogens with zero attached hydrogens (tertiary/aromatic N) is 1. The standard InChI is InChI=1S/C21H25N3O3/c1-15-8-9-18(27-15)10-11-20(25)23-19-7-3-2-5-16(19)13-24-12-4-6-17(14-24)21(22)26/h2-3,5,7-11,17H,4,6,12-14H2,1H3,(H2,22,26)(H,23,25)/b11-10-/t17-/m1/s1. The van der Waals surface area contributed by atoms with Gasteiger partial charge < -0.3 is 15.5 Å². The number of para-hydroxylation sites is 1. The van der Waals surface area contributed by atoms with E-state index in [1.54, 1.807) is 6.08 Å². The normalized spacial score (nSPS) is 17.9. The molecule has 0 aliphatic carbocycles. The quantitative estimate of drug-likeness (QED) is 0.768. The molecule has 1 atom stereocenters. The first kappa shape index (κ1) is 18.9. The van der Waals surface area contributed by atoms with E-state index in [0.717, 1.165) is 36.4 Å². The van der Waals surface area contributed by atoms with Crippen LogP contribution >= 0.6 is 0 Å². The van der Waals surface area contributed by atoms with Gasteiger partial charge in [-0.05, 0) is 56.1 Å². The first-order valence-corrected chi connectivity index (χ1v) is 9.16. The molecule has 6 nitrogen and oxygen atoms in total. The number of hydrogen-bond acceptors (Lipinski definition) is 4. The molecule has 2 heterocycles. The Hall–Kier alpha value is -2.86. The van der Waals surface area contributed by atoms with E-state index in [2.05, 4.69) is 10.2 Å². The number of primary amides is 1. The minimum absolute atomic E-state index is 0.0970. The molecule has 2 amide bonds. The van der Waals surface area contributed by atoms with Gasteiger partial charge in [0.05, 0.1) is 5.92 Å². The molecule has 142 valence electrons. The second-order valence-corrected chi connectivity index (χ2v) is 6.90.